The Morgan fingerprint density at radius 1 is 1.20 bits per heavy atom. The highest BCUT2D eigenvalue weighted by molar-refractivity contribution is 5.78. The van der Waals surface area contributed by atoms with Crippen LogP contribution < -0.4 is 15.4 Å². The fourth-order valence-corrected chi connectivity index (χ4v) is 3.12. The quantitative estimate of drug-likeness (QED) is 0.884. The van der Waals surface area contributed by atoms with Crippen molar-refractivity contribution in [3.8, 4) is 5.75 Å². The number of hydrogen-bond acceptors (Lipinski definition) is 3. The Kier molecular flexibility index (Phi) is 4.21. The van der Waals surface area contributed by atoms with Crippen molar-refractivity contribution in [2.24, 2.45) is 0 Å². The van der Waals surface area contributed by atoms with E-state index in [0.717, 1.165) is 30.6 Å². The summed E-state index contributed by atoms with van der Waals surface area (Å²) in [7, 11) is 0. The summed E-state index contributed by atoms with van der Waals surface area (Å²) in [6, 6.07) is 8.66. The van der Waals surface area contributed by atoms with Crippen LogP contribution >= 0.6 is 0 Å². The number of ether oxygens (including phenoxy) is 1. The average molecular weight is 274 g/mol. The maximum absolute atomic E-state index is 11.9. The van der Waals surface area contributed by atoms with Crippen LogP contribution in [-0.2, 0) is 4.79 Å². The lowest BCUT2D eigenvalue weighted by molar-refractivity contribution is -0.121. The molecule has 1 aliphatic carbocycles. The van der Waals surface area contributed by atoms with E-state index in [2.05, 4.69) is 16.7 Å². The summed E-state index contributed by atoms with van der Waals surface area (Å²) in [4.78, 5) is 11.9. The standard InChI is InChI=1S/C16H22N2O2/c19-16(18-12-5-1-2-6-12)11-17-14-9-10-20-15-8-4-3-7-13(14)15/h3-4,7-8,12,14,17H,1-2,5-6,9-11H2,(H,18,19). The molecule has 1 saturated carbocycles. The zero-order chi connectivity index (χ0) is 13.8. The average Bonchev–Trinajstić information content (AvgIpc) is 2.98. The summed E-state index contributed by atoms with van der Waals surface area (Å²) in [6.07, 6.45) is 5.66. The summed E-state index contributed by atoms with van der Waals surface area (Å²) in [5.41, 5.74) is 1.16. The Hall–Kier alpha value is -1.55. The lowest BCUT2D eigenvalue weighted by Crippen LogP contribution is -2.41. The molecule has 0 spiro atoms. The van der Waals surface area contributed by atoms with Gasteiger partial charge >= 0.3 is 0 Å². The molecule has 1 aromatic rings. The molecule has 20 heavy (non-hydrogen) atoms. The molecule has 3 rings (SSSR count). The molecule has 0 radical (unpaired) electrons. The van der Waals surface area contributed by atoms with Crippen molar-refractivity contribution in [1.82, 2.24) is 10.6 Å². The van der Waals surface area contributed by atoms with E-state index < -0.39 is 0 Å². The zero-order valence-corrected chi connectivity index (χ0v) is 11.7. The first-order valence-electron chi connectivity index (χ1n) is 7.57. The van der Waals surface area contributed by atoms with Crippen LogP contribution in [0.15, 0.2) is 24.3 Å². The third-order valence-corrected chi connectivity index (χ3v) is 4.19. The summed E-state index contributed by atoms with van der Waals surface area (Å²) >= 11 is 0. The Balaban J connectivity index is 1.52. The van der Waals surface area contributed by atoms with Crippen LogP contribution in [0, 0.1) is 0 Å². The largest absolute Gasteiger partial charge is 0.493 e. The summed E-state index contributed by atoms with van der Waals surface area (Å²) in [5, 5.41) is 6.47. The lowest BCUT2D eigenvalue weighted by atomic mass is 10.0. The molecule has 108 valence electrons. The predicted octanol–water partition coefficient (Wildman–Crippen LogP) is 2.16. The lowest BCUT2D eigenvalue weighted by Gasteiger charge is -2.26. The molecule has 0 bridgehead atoms. The van der Waals surface area contributed by atoms with E-state index in [4.69, 9.17) is 4.74 Å². The van der Waals surface area contributed by atoms with Crippen LogP contribution in [0.3, 0.4) is 0 Å². The summed E-state index contributed by atoms with van der Waals surface area (Å²) in [5.74, 6) is 1.05. The van der Waals surface area contributed by atoms with Crippen LogP contribution in [0.25, 0.3) is 0 Å². The molecule has 2 aliphatic rings. The van der Waals surface area contributed by atoms with Gasteiger partial charge in [0.2, 0.25) is 5.91 Å². The minimum absolute atomic E-state index is 0.112. The van der Waals surface area contributed by atoms with Gasteiger partial charge in [-0.15, -0.1) is 0 Å². The third-order valence-electron chi connectivity index (χ3n) is 4.19. The van der Waals surface area contributed by atoms with E-state index in [1.54, 1.807) is 0 Å². The molecule has 1 aromatic carbocycles. The van der Waals surface area contributed by atoms with Crippen LogP contribution in [-0.4, -0.2) is 25.1 Å². The van der Waals surface area contributed by atoms with Crippen LogP contribution in [0.2, 0.25) is 0 Å². The number of hydrogen-bond donors (Lipinski definition) is 2. The van der Waals surface area contributed by atoms with E-state index in [9.17, 15) is 4.79 Å². The van der Waals surface area contributed by atoms with E-state index in [0.29, 0.717) is 19.2 Å². The van der Waals surface area contributed by atoms with Crippen LogP contribution in [0.5, 0.6) is 5.75 Å². The number of benzene rings is 1. The summed E-state index contributed by atoms with van der Waals surface area (Å²) < 4.78 is 5.63. The fourth-order valence-electron chi connectivity index (χ4n) is 3.12. The number of para-hydroxylation sites is 1. The van der Waals surface area contributed by atoms with Gasteiger partial charge in [0.25, 0.3) is 0 Å². The van der Waals surface area contributed by atoms with Gasteiger partial charge in [0.15, 0.2) is 0 Å². The van der Waals surface area contributed by atoms with Gasteiger partial charge in [0.1, 0.15) is 5.75 Å². The van der Waals surface area contributed by atoms with E-state index >= 15 is 0 Å². The predicted molar refractivity (Wildman–Crippen MR) is 77.7 cm³/mol. The Morgan fingerprint density at radius 2 is 2.00 bits per heavy atom. The maximum Gasteiger partial charge on any atom is 0.234 e. The van der Waals surface area contributed by atoms with Crippen molar-refractivity contribution < 1.29 is 9.53 Å². The molecule has 1 aliphatic heterocycles. The molecular formula is C16H22N2O2. The maximum atomic E-state index is 11.9. The number of fused-ring (bicyclic) bond motifs is 1. The smallest absolute Gasteiger partial charge is 0.234 e. The van der Waals surface area contributed by atoms with E-state index in [-0.39, 0.29) is 11.9 Å². The first-order valence-corrected chi connectivity index (χ1v) is 7.57. The molecular weight excluding hydrogens is 252 g/mol. The van der Waals surface area contributed by atoms with Crippen molar-refractivity contribution in [3.63, 3.8) is 0 Å². The zero-order valence-electron chi connectivity index (χ0n) is 11.7. The molecule has 1 heterocycles. The van der Waals surface area contributed by atoms with Gasteiger partial charge in [-0.3, -0.25) is 4.79 Å². The van der Waals surface area contributed by atoms with Gasteiger partial charge in [-0.2, -0.15) is 0 Å². The molecule has 1 amide bonds. The second-order valence-electron chi connectivity index (χ2n) is 5.66. The number of rotatable bonds is 4. The molecule has 1 unspecified atom stereocenters. The second-order valence-corrected chi connectivity index (χ2v) is 5.66. The molecule has 2 N–H and O–H groups in total. The summed E-state index contributed by atoms with van der Waals surface area (Å²) in [6.45, 7) is 1.09. The normalized spacial score (nSPS) is 22.1. The highest BCUT2D eigenvalue weighted by atomic mass is 16.5. The first kappa shape index (κ1) is 13.4. The van der Waals surface area contributed by atoms with Gasteiger partial charge in [0, 0.05) is 24.1 Å². The second kappa shape index (κ2) is 6.27. The minimum atomic E-state index is 0.112. The van der Waals surface area contributed by atoms with Gasteiger partial charge in [-0.1, -0.05) is 31.0 Å². The van der Waals surface area contributed by atoms with Gasteiger partial charge in [0.05, 0.1) is 13.2 Å². The molecule has 1 fully saturated rings. The highest BCUT2D eigenvalue weighted by Gasteiger charge is 2.22. The van der Waals surface area contributed by atoms with Crippen molar-refractivity contribution in [2.75, 3.05) is 13.2 Å². The molecule has 0 aromatic heterocycles. The van der Waals surface area contributed by atoms with Crippen molar-refractivity contribution in [3.05, 3.63) is 29.8 Å². The Labute approximate surface area is 119 Å². The van der Waals surface area contributed by atoms with Gasteiger partial charge < -0.3 is 15.4 Å². The van der Waals surface area contributed by atoms with E-state index in [1.807, 2.05) is 18.2 Å². The van der Waals surface area contributed by atoms with Gasteiger partial charge in [-0.05, 0) is 18.9 Å². The molecule has 4 nitrogen and oxygen atoms in total. The van der Waals surface area contributed by atoms with Crippen molar-refractivity contribution in [2.45, 2.75) is 44.2 Å². The van der Waals surface area contributed by atoms with Crippen molar-refractivity contribution in [1.29, 1.82) is 0 Å². The van der Waals surface area contributed by atoms with E-state index in [1.165, 1.54) is 12.8 Å². The van der Waals surface area contributed by atoms with Crippen LogP contribution in [0.1, 0.15) is 43.7 Å². The topological polar surface area (TPSA) is 50.4 Å². The molecule has 0 saturated heterocycles. The Bertz CT molecular complexity index is 469. The molecule has 1 atom stereocenters. The Morgan fingerprint density at radius 3 is 2.85 bits per heavy atom. The SMILES string of the molecule is O=C(CNC1CCOc2ccccc21)NC1CCCC1. The number of amides is 1. The number of nitrogens with one attached hydrogen (secondary N) is 2. The monoisotopic (exact) mass is 274 g/mol. The van der Waals surface area contributed by atoms with Crippen molar-refractivity contribution >= 4 is 5.91 Å². The fraction of sp³-hybridized carbons (Fsp3) is 0.562. The molecule has 4 heteroatoms. The third kappa shape index (κ3) is 3.12. The van der Waals surface area contributed by atoms with Crippen LogP contribution in [0.4, 0.5) is 0 Å². The highest BCUT2D eigenvalue weighted by Crippen LogP contribution is 2.31. The number of carbonyl (C=O) groups is 1. The number of carbonyl (C=O) groups excluding carboxylic acids is 1. The van der Waals surface area contributed by atoms with Gasteiger partial charge in [-0.25, -0.2) is 0 Å². The minimum Gasteiger partial charge on any atom is -0.493 e. The first-order chi connectivity index (χ1) is 9.83.